The second-order valence-corrected chi connectivity index (χ2v) is 5.26. The molecule has 0 bridgehead atoms. The number of likely N-dealkylation sites (N-methyl/N-ethyl adjacent to an activating group) is 1. The molecule has 1 aromatic heterocycles. The lowest BCUT2D eigenvalue weighted by atomic mass is 9.90. The van der Waals surface area contributed by atoms with Crippen molar-refractivity contribution < 1.29 is 0 Å². The maximum atomic E-state index is 4.45. The van der Waals surface area contributed by atoms with Crippen molar-refractivity contribution in [2.75, 3.05) is 7.05 Å². The van der Waals surface area contributed by atoms with Crippen LogP contribution in [-0.2, 0) is 12.8 Å². The fraction of sp³-hybridized carbons (Fsp3) is 0.353. The molecule has 0 fully saturated rings. The number of fused-ring (bicyclic) bond motifs is 1. The number of aryl methyl sites for hydroxylation is 1. The number of pyridine rings is 1. The number of aromatic nitrogens is 1. The molecule has 0 spiro atoms. The van der Waals surface area contributed by atoms with Crippen molar-refractivity contribution in [2.45, 2.75) is 31.2 Å². The number of hydrogen-bond acceptors (Lipinski definition) is 2. The standard InChI is InChI=1S/C17H20N2/c1-18-17(12-14-7-4-5-11-19-14)16-10-9-13-6-2-3-8-15(13)16/h2-8,11,16-18H,9-10,12H2,1H3. The molecule has 19 heavy (non-hydrogen) atoms. The van der Waals surface area contributed by atoms with Crippen LogP contribution in [0.15, 0.2) is 48.7 Å². The Kier molecular flexibility index (Phi) is 3.60. The Balaban J connectivity index is 1.81. The van der Waals surface area contributed by atoms with Gasteiger partial charge in [0, 0.05) is 30.3 Å². The van der Waals surface area contributed by atoms with E-state index in [1.165, 1.54) is 29.7 Å². The topological polar surface area (TPSA) is 24.9 Å². The zero-order valence-corrected chi connectivity index (χ0v) is 11.3. The summed E-state index contributed by atoms with van der Waals surface area (Å²) in [6.45, 7) is 0. The van der Waals surface area contributed by atoms with E-state index in [1.54, 1.807) is 0 Å². The predicted molar refractivity (Wildman–Crippen MR) is 78.3 cm³/mol. The minimum Gasteiger partial charge on any atom is -0.316 e. The molecule has 1 heterocycles. The fourth-order valence-electron chi connectivity index (χ4n) is 3.20. The molecule has 2 unspecified atom stereocenters. The maximum absolute atomic E-state index is 4.45. The van der Waals surface area contributed by atoms with Crippen LogP contribution in [0.5, 0.6) is 0 Å². The van der Waals surface area contributed by atoms with Crippen molar-refractivity contribution in [3.8, 4) is 0 Å². The molecule has 2 atom stereocenters. The van der Waals surface area contributed by atoms with Crippen LogP contribution >= 0.6 is 0 Å². The molecular weight excluding hydrogens is 232 g/mol. The van der Waals surface area contributed by atoms with E-state index in [9.17, 15) is 0 Å². The molecule has 0 saturated heterocycles. The Morgan fingerprint density at radius 2 is 2.05 bits per heavy atom. The van der Waals surface area contributed by atoms with Crippen molar-refractivity contribution in [1.29, 1.82) is 0 Å². The molecule has 1 aliphatic carbocycles. The van der Waals surface area contributed by atoms with Crippen molar-refractivity contribution in [2.24, 2.45) is 0 Å². The first kappa shape index (κ1) is 12.4. The minimum absolute atomic E-state index is 0.471. The van der Waals surface area contributed by atoms with E-state index in [2.05, 4.69) is 53.7 Å². The summed E-state index contributed by atoms with van der Waals surface area (Å²) in [6.07, 6.45) is 5.33. The average molecular weight is 252 g/mol. The highest BCUT2D eigenvalue weighted by molar-refractivity contribution is 5.36. The third kappa shape index (κ3) is 2.54. The van der Waals surface area contributed by atoms with Gasteiger partial charge in [-0.25, -0.2) is 0 Å². The molecular formula is C17H20N2. The second-order valence-electron chi connectivity index (χ2n) is 5.26. The van der Waals surface area contributed by atoms with Gasteiger partial charge in [-0.2, -0.15) is 0 Å². The number of nitrogens with one attached hydrogen (secondary N) is 1. The summed E-state index contributed by atoms with van der Waals surface area (Å²) >= 11 is 0. The maximum Gasteiger partial charge on any atom is 0.0419 e. The van der Waals surface area contributed by atoms with Crippen molar-refractivity contribution >= 4 is 0 Å². The Hall–Kier alpha value is -1.67. The molecule has 1 aliphatic rings. The summed E-state index contributed by atoms with van der Waals surface area (Å²) in [7, 11) is 2.06. The fourth-order valence-corrected chi connectivity index (χ4v) is 3.20. The lowest BCUT2D eigenvalue weighted by molar-refractivity contribution is 0.452. The molecule has 3 rings (SSSR count). The van der Waals surface area contributed by atoms with E-state index in [-0.39, 0.29) is 0 Å². The van der Waals surface area contributed by atoms with Gasteiger partial charge in [0.1, 0.15) is 0 Å². The summed E-state index contributed by atoms with van der Waals surface area (Å²) in [5.74, 6) is 0.614. The quantitative estimate of drug-likeness (QED) is 0.905. The molecule has 0 saturated carbocycles. The molecule has 2 aromatic rings. The number of rotatable bonds is 4. The van der Waals surface area contributed by atoms with Crippen LogP contribution in [0.3, 0.4) is 0 Å². The van der Waals surface area contributed by atoms with Crippen molar-refractivity contribution in [3.63, 3.8) is 0 Å². The summed E-state index contributed by atoms with van der Waals surface area (Å²) < 4.78 is 0. The predicted octanol–water partition coefficient (Wildman–Crippen LogP) is 2.94. The average Bonchev–Trinajstić information content (AvgIpc) is 2.90. The molecule has 2 nitrogen and oxygen atoms in total. The van der Waals surface area contributed by atoms with Gasteiger partial charge in [0.15, 0.2) is 0 Å². The van der Waals surface area contributed by atoms with Crippen LogP contribution in [0.4, 0.5) is 0 Å². The van der Waals surface area contributed by atoms with Crippen molar-refractivity contribution in [3.05, 3.63) is 65.5 Å². The highest BCUT2D eigenvalue weighted by atomic mass is 14.9. The molecule has 1 N–H and O–H groups in total. The zero-order chi connectivity index (χ0) is 13.1. The van der Waals surface area contributed by atoms with E-state index in [0.717, 1.165) is 6.42 Å². The lowest BCUT2D eigenvalue weighted by Crippen LogP contribution is -2.33. The molecule has 98 valence electrons. The Labute approximate surface area is 114 Å². The van der Waals surface area contributed by atoms with Crippen LogP contribution in [-0.4, -0.2) is 18.1 Å². The smallest absolute Gasteiger partial charge is 0.0419 e. The largest absolute Gasteiger partial charge is 0.316 e. The van der Waals surface area contributed by atoms with Crippen molar-refractivity contribution in [1.82, 2.24) is 10.3 Å². The first-order valence-electron chi connectivity index (χ1n) is 7.03. The summed E-state index contributed by atoms with van der Waals surface area (Å²) in [5, 5.41) is 3.49. The van der Waals surface area contributed by atoms with Crippen LogP contribution in [0.1, 0.15) is 29.2 Å². The number of benzene rings is 1. The van der Waals surface area contributed by atoms with E-state index >= 15 is 0 Å². The Bertz CT molecular complexity index is 536. The number of nitrogens with zero attached hydrogens (tertiary/aromatic N) is 1. The highest BCUT2D eigenvalue weighted by Crippen LogP contribution is 2.36. The van der Waals surface area contributed by atoms with Gasteiger partial charge in [0.2, 0.25) is 0 Å². The Morgan fingerprint density at radius 3 is 2.84 bits per heavy atom. The molecule has 0 amide bonds. The van der Waals surface area contributed by atoms with E-state index in [4.69, 9.17) is 0 Å². The van der Waals surface area contributed by atoms with Gasteiger partial charge in [0.25, 0.3) is 0 Å². The van der Waals surface area contributed by atoms with Gasteiger partial charge in [-0.05, 0) is 43.1 Å². The van der Waals surface area contributed by atoms with E-state index in [1.807, 2.05) is 12.3 Å². The third-order valence-electron chi connectivity index (χ3n) is 4.19. The second kappa shape index (κ2) is 5.54. The molecule has 1 aromatic carbocycles. The van der Waals surface area contributed by atoms with Gasteiger partial charge in [0.05, 0.1) is 0 Å². The van der Waals surface area contributed by atoms with Gasteiger partial charge in [-0.15, -0.1) is 0 Å². The van der Waals surface area contributed by atoms with E-state index in [0.29, 0.717) is 12.0 Å². The monoisotopic (exact) mass is 252 g/mol. The van der Waals surface area contributed by atoms with Crippen LogP contribution in [0.2, 0.25) is 0 Å². The van der Waals surface area contributed by atoms with Gasteiger partial charge in [-0.3, -0.25) is 4.98 Å². The molecule has 0 aliphatic heterocycles. The summed E-state index contributed by atoms with van der Waals surface area (Å²) in [6, 6.07) is 15.5. The van der Waals surface area contributed by atoms with Crippen LogP contribution in [0, 0.1) is 0 Å². The van der Waals surface area contributed by atoms with Gasteiger partial charge < -0.3 is 5.32 Å². The molecule has 2 heteroatoms. The first-order chi connectivity index (χ1) is 9.38. The summed E-state index contributed by atoms with van der Waals surface area (Å²) in [4.78, 5) is 4.45. The normalized spacial score (nSPS) is 19.1. The molecule has 0 radical (unpaired) electrons. The van der Waals surface area contributed by atoms with Crippen LogP contribution in [0.25, 0.3) is 0 Å². The third-order valence-corrected chi connectivity index (χ3v) is 4.19. The van der Waals surface area contributed by atoms with Crippen LogP contribution < -0.4 is 5.32 Å². The SMILES string of the molecule is CNC(Cc1ccccn1)C1CCc2ccccc21. The number of hydrogen-bond donors (Lipinski definition) is 1. The van der Waals surface area contributed by atoms with Gasteiger partial charge >= 0.3 is 0 Å². The lowest BCUT2D eigenvalue weighted by Gasteiger charge is -2.24. The zero-order valence-electron chi connectivity index (χ0n) is 11.3. The first-order valence-corrected chi connectivity index (χ1v) is 7.03. The Morgan fingerprint density at radius 1 is 1.21 bits per heavy atom. The van der Waals surface area contributed by atoms with E-state index < -0.39 is 0 Å². The van der Waals surface area contributed by atoms with Gasteiger partial charge in [-0.1, -0.05) is 30.3 Å². The summed E-state index contributed by atoms with van der Waals surface area (Å²) in [5.41, 5.74) is 4.22. The minimum atomic E-state index is 0.471. The highest BCUT2D eigenvalue weighted by Gasteiger charge is 2.28.